The van der Waals surface area contributed by atoms with Gasteiger partial charge in [0.2, 0.25) is 0 Å². The maximum Gasteiger partial charge on any atom is 0.113 e. The van der Waals surface area contributed by atoms with E-state index in [9.17, 15) is 0 Å². The molecule has 0 bridgehead atoms. The molecule has 0 amide bonds. The van der Waals surface area contributed by atoms with Crippen LogP contribution in [0.25, 0.3) is 5.69 Å². The molecule has 4 heteroatoms. The van der Waals surface area contributed by atoms with Gasteiger partial charge in [0, 0.05) is 12.0 Å². The summed E-state index contributed by atoms with van der Waals surface area (Å²) in [6.45, 7) is 3.49. The number of rotatable bonds is 1. The normalized spacial score (nSPS) is 14.7. The van der Waals surface area contributed by atoms with Crippen molar-refractivity contribution in [1.82, 2.24) is 9.78 Å². The van der Waals surface area contributed by atoms with Gasteiger partial charge in [-0.25, -0.2) is 4.68 Å². The summed E-state index contributed by atoms with van der Waals surface area (Å²) in [4.78, 5) is 0. The number of nitrogens with zero attached hydrogens (tertiary/aromatic N) is 2. The molecule has 0 spiro atoms. The highest BCUT2D eigenvalue weighted by atomic mass is 79.9. The van der Waals surface area contributed by atoms with Crippen LogP contribution in [0.3, 0.4) is 0 Å². The molecule has 3 nitrogen and oxygen atoms in total. The van der Waals surface area contributed by atoms with E-state index in [1.807, 2.05) is 10.7 Å². The van der Waals surface area contributed by atoms with Crippen LogP contribution in [0.1, 0.15) is 16.8 Å². The number of benzene rings is 1. The van der Waals surface area contributed by atoms with E-state index in [2.05, 4.69) is 46.2 Å². The summed E-state index contributed by atoms with van der Waals surface area (Å²) >= 11 is 3.64. The van der Waals surface area contributed by atoms with Crippen molar-refractivity contribution in [2.75, 3.05) is 6.61 Å². The minimum Gasteiger partial charge on any atom is -0.375 e. The Morgan fingerprint density at radius 2 is 2.29 bits per heavy atom. The highest BCUT2D eigenvalue weighted by molar-refractivity contribution is 9.10. The van der Waals surface area contributed by atoms with Crippen molar-refractivity contribution >= 4 is 15.9 Å². The Labute approximate surface area is 109 Å². The fourth-order valence-corrected chi connectivity index (χ4v) is 2.82. The highest BCUT2D eigenvalue weighted by Gasteiger charge is 2.19. The van der Waals surface area contributed by atoms with Gasteiger partial charge in [0.05, 0.1) is 24.6 Å². The smallest absolute Gasteiger partial charge is 0.113 e. The fraction of sp³-hybridized carbons (Fsp3) is 0.308. The van der Waals surface area contributed by atoms with E-state index in [0.29, 0.717) is 6.61 Å². The predicted octanol–water partition coefficient (Wildman–Crippen LogP) is 3.02. The molecule has 0 saturated carbocycles. The molecular weight excluding hydrogens is 280 g/mol. The molecule has 3 rings (SSSR count). The second kappa shape index (κ2) is 4.27. The number of hydrogen-bond acceptors (Lipinski definition) is 2. The van der Waals surface area contributed by atoms with E-state index in [-0.39, 0.29) is 0 Å². The second-order valence-electron chi connectivity index (χ2n) is 4.27. The summed E-state index contributed by atoms with van der Waals surface area (Å²) in [5.41, 5.74) is 4.65. The third kappa shape index (κ3) is 1.91. The zero-order chi connectivity index (χ0) is 11.8. The van der Waals surface area contributed by atoms with Crippen LogP contribution in [0.15, 0.2) is 28.9 Å². The van der Waals surface area contributed by atoms with Crippen LogP contribution in [-0.2, 0) is 17.8 Å². The molecule has 0 saturated heterocycles. The monoisotopic (exact) mass is 292 g/mol. The number of fused-ring (bicyclic) bond motifs is 1. The van der Waals surface area contributed by atoms with Gasteiger partial charge in [-0.2, -0.15) is 5.10 Å². The molecule has 0 fully saturated rings. The van der Waals surface area contributed by atoms with E-state index < -0.39 is 0 Å². The van der Waals surface area contributed by atoms with Gasteiger partial charge in [-0.15, -0.1) is 0 Å². The minimum atomic E-state index is 0.618. The minimum absolute atomic E-state index is 0.618. The summed E-state index contributed by atoms with van der Waals surface area (Å²) in [5, 5.41) is 4.61. The molecule has 2 heterocycles. The topological polar surface area (TPSA) is 27.1 Å². The fourth-order valence-electron chi connectivity index (χ4n) is 2.11. The number of aromatic nitrogens is 2. The van der Waals surface area contributed by atoms with Crippen LogP contribution >= 0.6 is 15.9 Å². The molecule has 0 N–H and O–H groups in total. The first kappa shape index (κ1) is 11.0. The Balaban J connectivity index is 2.12. The van der Waals surface area contributed by atoms with Gasteiger partial charge < -0.3 is 4.74 Å². The first-order chi connectivity index (χ1) is 8.25. The Kier molecular flexibility index (Phi) is 2.76. The SMILES string of the molecule is Cc1cccc(-n2nc3c(c2Br)CCOC3)c1. The summed E-state index contributed by atoms with van der Waals surface area (Å²) in [6, 6.07) is 8.33. The summed E-state index contributed by atoms with van der Waals surface area (Å²) in [5.74, 6) is 0. The molecule has 0 radical (unpaired) electrons. The summed E-state index contributed by atoms with van der Waals surface area (Å²) in [7, 11) is 0. The number of hydrogen-bond donors (Lipinski definition) is 0. The Morgan fingerprint density at radius 3 is 3.06 bits per heavy atom. The molecule has 1 aromatic heterocycles. The molecule has 17 heavy (non-hydrogen) atoms. The molecule has 1 aliphatic heterocycles. The zero-order valence-electron chi connectivity index (χ0n) is 9.61. The van der Waals surface area contributed by atoms with Gasteiger partial charge in [-0.1, -0.05) is 12.1 Å². The molecule has 0 aliphatic carbocycles. The first-order valence-electron chi connectivity index (χ1n) is 5.67. The summed E-state index contributed by atoms with van der Waals surface area (Å²) < 4.78 is 8.43. The molecule has 1 aromatic carbocycles. The largest absolute Gasteiger partial charge is 0.375 e. The van der Waals surface area contributed by atoms with Gasteiger partial charge in [-0.3, -0.25) is 0 Å². The van der Waals surface area contributed by atoms with Gasteiger partial charge in [-0.05, 0) is 40.5 Å². The van der Waals surface area contributed by atoms with Crippen LogP contribution in [-0.4, -0.2) is 16.4 Å². The molecule has 0 unspecified atom stereocenters. The molecular formula is C13H13BrN2O. The van der Waals surface area contributed by atoms with Crippen molar-refractivity contribution in [2.24, 2.45) is 0 Å². The number of ether oxygens (including phenoxy) is 1. The quantitative estimate of drug-likeness (QED) is 0.808. The Hall–Kier alpha value is -1.13. The first-order valence-corrected chi connectivity index (χ1v) is 6.46. The Bertz CT molecular complexity index is 563. The lowest BCUT2D eigenvalue weighted by atomic mass is 10.1. The lowest BCUT2D eigenvalue weighted by Crippen LogP contribution is -2.08. The van der Waals surface area contributed by atoms with Crippen LogP contribution in [0, 0.1) is 6.92 Å². The highest BCUT2D eigenvalue weighted by Crippen LogP contribution is 2.27. The zero-order valence-corrected chi connectivity index (χ0v) is 11.2. The van der Waals surface area contributed by atoms with E-state index in [1.165, 1.54) is 11.1 Å². The van der Waals surface area contributed by atoms with Crippen LogP contribution in [0.5, 0.6) is 0 Å². The lowest BCUT2D eigenvalue weighted by Gasteiger charge is -2.09. The second-order valence-corrected chi connectivity index (χ2v) is 5.02. The van der Waals surface area contributed by atoms with E-state index in [0.717, 1.165) is 29.0 Å². The maximum atomic E-state index is 5.43. The number of aryl methyl sites for hydroxylation is 1. The van der Waals surface area contributed by atoms with Gasteiger partial charge in [0.25, 0.3) is 0 Å². The average Bonchev–Trinajstić information content (AvgIpc) is 2.68. The van der Waals surface area contributed by atoms with Crippen molar-refractivity contribution < 1.29 is 4.74 Å². The van der Waals surface area contributed by atoms with Gasteiger partial charge in [0.1, 0.15) is 4.60 Å². The maximum absolute atomic E-state index is 5.43. The van der Waals surface area contributed by atoms with E-state index in [1.54, 1.807) is 0 Å². The van der Waals surface area contributed by atoms with Crippen molar-refractivity contribution in [3.05, 3.63) is 45.7 Å². The Morgan fingerprint density at radius 1 is 1.41 bits per heavy atom. The third-order valence-electron chi connectivity index (χ3n) is 2.99. The van der Waals surface area contributed by atoms with Gasteiger partial charge in [0.15, 0.2) is 0 Å². The van der Waals surface area contributed by atoms with Crippen LogP contribution < -0.4 is 0 Å². The molecule has 88 valence electrons. The third-order valence-corrected chi connectivity index (χ3v) is 3.80. The predicted molar refractivity (Wildman–Crippen MR) is 69.4 cm³/mol. The van der Waals surface area contributed by atoms with Gasteiger partial charge >= 0.3 is 0 Å². The van der Waals surface area contributed by atoms with E-state index in [4.69, 9.17) is 4.74 Å². The standard InChI is InChI=1S/C13H13BrN2O/c1-9-3-2-4-10(7-9)16-13(14)11-5-6-17-8-12(11)15-16/h2-4,7H,5-6,8H2,1H3. The van der Waals surface area contributed by atoms with Crippen LogP contribution in [0.2, 0.25) is 0 Å². The molecule has 0 atom stereocenters. The molecule has 2 aromatic rings. The van der Waals surface area contributed by atoms with Crippen molar-refractivity contribution in [1.29, 1.82) is 0 Å². The van der Waals surface area contributed by atoms with Crippen molar-refractivity contribution in [3.8, 4) is 5.69 Å². The molecule has 1 aliphatic rings. The van der Waals surface area contributed by atoms with E-state index >= 15 is 0 Å². The number of halogens is 1. The van der Waals surface area contributed by atoms with Crippen molar-refractivity contribution in [2.45, 2.75) is 20.0 Å². The van der Waals surface area contributed by atoms with Crippen molar-refractivity contribution in [3.63, 3.8) is 0 Å². The average molecular weight is 293 g/mol. The summed E-state index contributed by atoms with van der Waals surface area (Å²) in [6.07, 6.45) is 0.932. The van der Waals surface area contributed by atoms with Crippen LogP contribution in [0.4, 0.5) is 0 Å². The lowest BCUT2D eigenvalue weighted by molar-refractivity contribution is 0.108.